The predicted octanol–water partition coefficient (Wildman–Crippen LogP) is 4.06. The van der Waals surface area contributed by atoms with Crippen LogP contribution in [0.5, 0.6) is 5.75 Å². The van der Waals surface area contributed by atoms with Crippen LogP contribution < -0.4 is 0 Å². The number of aromatic amines is 1. The van der Waals surface area contributed by atoms with Crippen LogP contribution in [0, 0.1) is 0 Å². The highest BCUT2D eigenvalue weighted by Crippen LogP contribution is 2.42. The molecule has 1 aromatic heterocycles. The van der Waals surface area contributed by atoms with E-state index in [9.17, 15) is 9.90 Å². The van der Waals surface area contributed by atoms with Gasteiger partial charge in [-0.2, -0.15) is 0 Å². The second kappa shape index (κ2) is 6.53. The molecule has 1 unspecified atom stereocenters. The Morgan fingerprint density at radius 3 is 2.75 bits per heavy atom. The molecule has 5 heteroatoms. The van der Waals surface area contributed by atoms with E-state index in [1.807, 2.05) is 47.4 Å². The standard InChI is InChI=1S/C23H19N3O2/c27-20-8-4-7-17-21(20)23(28)26(12-11-15-5-2-1-3-6-15)22(17)16-9-10-18-19(13-16)25-14-24-18/h1-10,13-14,22,27H,11-12H2,(H,24,25). The van der Waals surface area contributed by atoms with Crippen molar-refractivity contribution in [2.45, 2.75) is 12.5 Å². The number of nitrogens with zero attached hydrogens (tertiary/aromatic N) is 2. The van der Waals surface area contributed by atoms with Crippen molar-refractivity contribution in [1.29, 1.82) is 0 Å². The number of carbonyl (C=O) groups is 1. The molecule has 0 aliphatic carbocycles. The molecule has 2 N–H and O–H groups in total. The van der Waals surface area contributed by atoms with Crippen molar-refractivity contribution in [2.24, 2.45) is 0 Å². The maximum absolute atomic E-state index is 13.2. The fourth-order valence-corrected chi connectivity index (χ4v) is 4.05. The normalized spacial score (nSPS) is 15.9. The summed E-state index contributed by atoms with van der Waals surface area (Å²) in [6, 6.07) is 21.2. The Kier molecular flexibility index (Phi) is 3.86. The molecule has 138 valence electrons. The Morgan fingerprint density at radius 2 is 1.89 bits per heavy atom. The van der Waals surface area contributed by atoms with Gasteiger partial charge in [0, 0.05) is 6.54 Å². The number of amides is 1. The van der Waals surface area contributed by atoms with Crippen LogP contribution in [0.25, 0.3) is 11.0 Å². The van der Waals surface area contributed by atoms with Crippen molar-refractivity contribution < 1.29 is 9.90 Å². The first-order chi connectivity index (χ1) is 13.7. The number of hydrogen-bond acceptors (Lipinski definition) is 3. The van der Waals surface area contributed by atoms with Gasteiger partial charge in [0.1, 0.15) is 5.75 Å². The summed E-state index contributed by atoms with van der Waals surface area (Å²) < 4.78 is 0. The van der Waals surface area contributed by atoms with E-state index in [2.05, 4.69) is 22.1 Å². The van der Waals surface area contributed by atoms with Crippen molar-refractivity contribution in [2.75, 3.05) is 6.54 Å². The van der Waals surface area contributed by atoms with Gasteiger partial charge in [-0.1, -0.05) is 48.5 Å². The fraction of sp³-hybridized carbons (Fsp3) is 0.130. The molecule has 4 aromatic rings. The molecule has 2 heterocycles. The monoisotopic (exact) mass is 369 g/mol. The minimum absolute atomic E-state index is 0.0392. The van der Waals surface area contributed by atoms with Gasteiger partial charge in [0.2, 0.25) is 0 Å². The van der Waals surface area contributed by atoms with Crippen molar-refractivity contribution in [3.05, 3.63) is 95.3 Å². The van der Waals surface area contributed by atoms with E-state index in [4.69, 9.17) is 0 Å². The molecule has 1 aliphatic rings. The highest BCUT2D eigenvalue weighted by atomic mass is 16.3. The molecule has 1 amide bonds. The first-order valence-electron chi connectivity index (χ1n) is 9.32. The second-order valence-corrected chi connectivity index (χ2v) is 7.06. The van der Waals surface area contributed by atoms with E-state index < -0.39 is 0 Å². The zero-order valence-corrected chi connectivity index (χ0v) is 15.2. The average molecular weight is 369 g/mol. The highest BCUT2D eigenvalue weighted by Gasteiger charge is 2.39. The number of nitrogens with one attached hydrogen (secondary N) is 1. The van der Waals surface area contributed by atoms with Gasteiger partial charge >= 0.3 is 0 Å². The third-order valence-corrected chi connectivity index (χ3v) is 5.40. The number of aromatic nitrogens is 2. The van der Waals surface area contributed by atoms with Crippen LogP contribution in [0.4, 0.5) is 0 Å². The number of imidazole rings is 1. The van der Waals surface area contributed by atoms with Crippen molar-refractivity contribution in [1.82, 2.24) is 14.9 Å². The third kappa shape index (κ3) is 2.63. The number of aromatic hydroxyl groups is 1. The molecule has 1 aliphatic heterocycles. The summed E-state index contributed by atoms with van der Waals surface area (Å²) in [6.07, 6.45) is 2.42. The van der Waals surface area contributed by atoms with E-state index in [0.717, 1.165) is 28.6 Å². The molecule has 28 heavy (non-hydrogen) atoms. The molecule has 1 atom stereocenters. The van der Waals surface area contributed by atoms with Crippen LogP contribution in [0.2, 0.25) is 0 Å². The van der Waals surface area contributed by atoms with Gasteiger partial charge in [0.25, 0.3) is 5.91 Å². The van der Waals surface area contributed by atoms with E-state index in [1.54, 1.807) is 18.5 Å². The van der Waals surface area contributed by atoms with Crippen LogP contribution in [-0.2, 0) is 6.42 Å². The van der Waals surface area contributed by atoms with Gasteiger partial charge < -0.3 is 15.0 Å². The SMILES string of the molecule is O=C1c2c(O)cccc2C(c2ccc3nc[nH]c3c2)N1CCc1ccccc1. The molecular weight excluding hydrogens is 350 g/mol. The summed E-state index contributed by atoms with van der Waals surface area (Å²) in [5.74, 6) is -0.0870. The predicted molar refractivity (Wildman–Crippen MR) is 107 cm³/mol. The third-order valence-electron chi connectivity index (χ3n) is 5.40. The van der Waals surface area contributed by atoms with E-state index in [-0.39, 0.29) is 17.7 Å². The number of phenolic OH excluding ortho intramolecular Hbond substituents is 1. The first-order valence-corrected chi connectivity index (χ1v) is 9.32. The largest absolute Gasteiger partial charge is 0.507 e. The molecule has 0 radical (unpaired) electrons. The number of fused-ring (bicyclic) bond motifs is 2. The summed E-state index contributed by atoms with van der Waals surface area (Å²) >= 11 is 0. The molecular formula is C23H19N3O2. The van der Waals surface area contributed by atoms with Gasteiger partial charge in [-0.05, 0) is 41.3 Å². The van der Waals surface area contributed by atoms with E-state index in [1.165, 1.54) is 5.56 Å². The Balaban J connectivity index is 1.57. The number of H-pyrrole nitrogens is 1. The van der Waals surface area contributed by atoms with Crippen molar-refractivity contribution in [3.8, 4) is 5.75 Å². The number of phenols is 1. The summed E-state index contributed by atoms with van der Waals surface area (Å²) in [7, 11) is 0. The van der Waals surface area contributed by atoms with Crippen LogP contribution in [-0.4, -0.2) is 32.4 Å². The molecule has 3 aromatic carbocycles. The Labute approximate surface area is 162 Å². The maximum atomic E-state index is 13.2. The number of benzene rings is 3. The minimum Gasteiger partial charge on any atom is -0.507 e. The van der Waals surface area contributed by atoms with Gasteiger partial charge in [-0.25, -0.2) is 4.98 Å². The molecule has 0 spiro atoms. The first kappa shape index (κ1) is 16.6. The molecule has 5 nitrogen and oxygen atoms in total. The number of rotatable bonds is 4. The molecule has 0 bridgehead atoms. The smallest absolute Gasteiger partial charge is 0.258 e. The van der Waals surface area contributed by atoms with Crippen LogP contribution in [0.15, 0.2) is 73.1 Å². The average Bonchev–Trinajstić information content (AvgIpc) is 3.29. The summed E-state index contributed by atoms with van der Waals surface area (Å²) in [4.78, 5) is 22.5. The number of carbonyl (C=O) groups excluding carboxylic acids is 1. The second-order valence-electron chi connectivity index (χ2n) is 7.06. The molecule has 0 fully saturated rings. The quantitative estimate of drug-likeness (QED) is 0.570. The van der Waals surface area contributed by atoms with E-state index in [0.29, 0.717) is 12.1 Å². The lowest BCUT2D eigenvalue weighted by Crippen LogP contribution is -2.30. The Hall–Kier alpha value is -3.60. The molecule has 0 saturated carbocycles. The molecule has 5 rings (SSSR count). The fourth-order valence-electron chi connectivity index (χ4n) is 4.05. The van der Waals surface area contributed by atoms with Crippen molar-refractivity contribution >= 4 is 16.9 Å². The minimum atomic E-state index is -0.231. The lowest BCUT2D eigenvalue weighted by molar-refractivity contribution is 0.0750. The van der Waals surface area contributed by atoms with Crippen LogP contribution in [0.3, 0.4) is 0 Å². The lowest BCUT2D eigenvalue weighted by Gasteiger charge is -2.26. The number of hydrogen-bond donors (Lipinski definition) is 2. The molecule has 0 saturated heterocycles. The summed E-state index contributed by atoms with van der Waals surface area (Å²) in [6.45, 7) is 0.572. The van der Waals surface area contributed by atoms with E-state index >= 15 is 0 Å². The van der Waals surface area contributed by atoms with Crippen molar-refractivity contribution in [3.63, 3.8) is 0 Å². The van der Waals surface area contributed by atoms with Crippen LogP contribution in [0.1, 0.15) is 33.1 Å². The van der Waals surface area contributed by atoms with Gasteiger partial charge in [0.05, 0.1) is 29.0 Å². The zero-order valence-electron chi connectivity index (χ0n) is 15.2. The summed E-state index contributed by atoms with van der Waals surface area (Å²) in [5.41, 5.74) is 5.25. The van der Waals surface area contributed by atoms with Gasteiger partial charge in [-0.3, -0.25) is 4.79 Å². The maximum Gasteiger partial charge on any atom is 0.258 e. The van der Waals surface area contributed by atoms with Gasteiger partial charge in [0.15, 0.2) is 0 Å². The lowest BCUT2D eigenvalue weighted by atomic mass is 9.97. The van der Waals surface area contributed by atoms with Crippen LogP contribution >= 0.6 is 0 Å². The topological polar surface area (TPSA) is 69.2 Å². The zero-order chi connectivity index (χ0) is 19.1. The Morgan fingerprint density at radius 1 is 1.04 bits per heavy atom. The Bertz CT molecular complexity index is 1170. The van der Waals surface area contributed by atoms with Gasteiger partial charge in [-0.15, -0.1) is 0 Å². The highest BCUT2D eigenvalue weighted by molar-refractivity contribution is 6.02. The summed E-state index contributed by atoms with van der Waals surface area (Å²) in [5, 5.41) is 10.3.